The minimum Gasteiger partial charge on any atom is -0.357 e. The second-order valence-corrected chi connectivity index (χ2v) is 6.31. The average Bonchev–Trinajstić information content (AvgIpc) is 3.20. The molecule has 0 atom stereocenters. The molecule has 0 unspecified atom stereocenters. The van der Waals surface area contributed by atoms with Gasteiger partial charge in [0.2, 0.25) is 0 Å². The Labute approximate surface area is 152 Å². The van der Waals surface area contributed by atoms with Gasteiger partial charge in [0.05, 0.1) is 11.4 Å². The summed E-state index contributed by atoms with van der Waals surface area (Å²) in [6.45, 7) is 11.6. The summed E-state index contributed by atoms with van der Waals surface area (Å²) >= 11 is 0. The smallest absolute Gasteiger partial charge is 0.181 e. The number of aromatic nitrogens is 4. The van der Waals surface area contributed by atoms with Crippen LogP contribution in [-0.4, -0.2) is 32.1 Å². The molecular weight excluding hydrogens is 324 g/mol. The minimum atomic E-state index is 0.681. The van der Waals surface area contributed by atoms with Crippen molar-refractivity contribution in [3.63, 3.8) is 0 Å². The number of aliphatic imine (C=N–C) groups is 2. The van der Waals surface area contributed by atoms with Gasteiger partial charge in [0.25, 0.3) is 0 Å². The van der Waals surface area contributed by atoms with Crippen molar-refractivity contribution < 1.29 is 0 Å². The van der Waals surface area contributed by atoms with Gasteiger partial charge in [-0.25, -0.2) is 4.98 Å². The Hall–Kier alpha value is -3.28. The first-order valence-corrected chi connectivity index (χ1v) is 8.36. The third kappa shape index (κ3) is 3.54. The van der Waals surface area contributed by atoms with Crippen LogP contribution in [0.5, 0.6) is 0 Å². The third-order valence-electron chi connectivity index (χ3n) is 4.02. The number of fused-ring (bicyclic) bond motifs is 1. The van der Waals surface area contributed by atoms with Gasteiger partial charge < -0.3 is 4.98 Å². The van der Waals surface area contributed by atoms with Crippen molar-refractivity contribution in [1.29, 1.82) is 0 Å². The van der Waals surface area contributed by atoms with Crippen LogP contribution < -0.4 is 0 Å². The third-order valence-corrected chi connectivity index (χ3v) is 4.02. The summed E-state index contributed by atoms with van der Waals surface area (Å²) in [5, 5.41) is 8.36. The number of rotatable bonds is 5. The van der Waals surface area contributed by atoms with Crippen molar-refractivity contribution in [2.45, 2.75) is 27.7 Å². The molecule has 26 heavy (non-hydrogen) atoms. The molecule has 6 nitrogen and oxygen atoms in total. The molecule has 3 aromatic rings. The first-order chi connectivity index (χ1) is 12.5. The van der Waals surface area contributed by atoms with Crippen molar-refractivity contribution in [1.82, 2.24) is 20.2 Å². The number of H-pyrrole nitrogens is 2. The molecule has 3 aromatic heterocycles. The maximum Gasteiger partial charge on any atom is 0.181 e. The number of nitrogens with one attached hydrogen (secondary N) is 2. The van der Waals surface area contributed by atoms with Gasteiger partial charge in [0.1, 0.15) is 0 Å². The van der Waals surface area contributed by atoms with Gasteiger partial charge in [-0.1, -0.05) is 6.58 Å². The predicted molar refractivity (Wildman–Crippen MR) is 109 cm³/mol. The Kier molecular flexibility index (Phi) is 4.93. The van der Waals surface area contributed by atoms with E-state index in [4.69, 9.17) is 0 Å². The number of hydrogen-bond donors (Lipinski definition) is 2. The highest BCUT2D eigenvalue weighted by atomic mass is 15.2. The summed E-state index contributed by atoms with van der Waals surface area (Å²) in [6, 6.07) is 4.12. The Morgan fingerprint density at radius 1 is 1.23 bits per heavy atom. The van der Waals surface area contributed by atoms with Crippen LogP contribution in [0.2, 0.25) is 0 Å². The maximum atomic E-state index is 4.47. The lowest BCUT2D eigenvalue weighted by Crippen LogP contribution is -1.85. The van der Waals surface area contributed by atoms with Crippen molar-refractivity contribution in [3.8, 4) is 11.4 Å². The lowest BCUT2D eigenvalue weighted by atomic mass is 10.1. The summed E-state index contributed by atoms with van der Waals surface area (Å²) in [5.74, 6) is 0. The lowest BCUT2D eigenvalue weighted by Gasteiger charge is -2.01. The maximum absolute atomic E-state index is 4.47. The minimum absolute atomic E-state index is 0.681. The molecule has 2 N–H and O–H groups in total. The Balaban J connectivity index is 2.07. The molecular formula is C20H22N6. The number of allylic oxidation sites excluding steroid dienone is 1. The van der Waals surface area contributed by atoms with Gasteiger partial charge in [-0.2, -0.15) is 5.10 Å². The quantitative estimate of drug-likeness (QED) is 0.658. The summed E-state index contributed by atoms with van der Waals surface area (Å²) in [5.41, 5.74) is 7.64. The summed E-state index contributed by atoms with van der Waals surface area (Å²) < 4.78 is 0. The fourth-order valence-electron chi connectivity index (χ4n) is 2.60. The Morgan fingerprint density at radius 3 is 2.77 bits per heavy atom. The molecule has 3 heterocycles. The van der Waals surface area contributed by atoms with Crippen molar-refractivity contribution in [2.75, 3.05) is 0 Å². The highest BCUT2D eigenvalue weighted by Crippen LogP contribution is 2.28. The molecule has 0 saturated heterocycles. The zero-order valence-electron chi connectivity index (χ0n) is 15.5. The van der Waals surface area contributed by atoms with E-state index in [2.05, 4.69) is 42.8 Å². The van der Waals surface area contributed by atoms with E-state index < -0.39 is 0 Å². The van der Waals surface area contributed by atoms with E-state index in [9.17, 15) is 0 Å². The molecule has 0 aliphatic heterocycles. The van der Waals surface area contributed by atoms with Gasteiger partial charge >= 0.3 is 0 Å². The zero-order chi connectivity index (χ0) is 18.7. The van der Waals surface area contributed by atoms with E-state index in [1.165, 1.54) is 6.20 Å². The lowest BCUT2D eigenvalue weighted by molar-refractivity contribution is 1.09. The number of hydrogen-bond acceptors (Lipinski definition) is 4. The molecule has 0 radical (unpaired) electrons. The van der Waals surface area contributed by atoms with E-state index in [0.717, 1.165) is 44.9 Å². The van der Waals surface area contributed by atoms with Crippen LogP contribution in [0.4, 0.5) is 0 Å². The monoisotopic (exact) mass is 346 g/mol. The average molecular weight is 346 g/mol. The molecule has 132 valence electrons. The number of pyridine rings is 1. The van der Waals surface area contributed by atoms with Crippen molar-refractivity contribution in [2.24, 2.45) is 9.98 Å². The summed E-state index contributed by atoms with van der Waals surface area (Å²) in [6.07, 6.45) is 6.98. The van der Waals surface area contributed by atoms with Crippen LogP contribution in [0.1, 0.15) is 37.6 Å². The van der Waals surface area contributed by atoms with Gasteiger partial charge in [-0.3, -0.25) is 15.1 Å². The van der Waals surface area contributed by atoms with Crippen molar-refractivity contribution in [3.05, 3.63) is 54.1 Å². The van der Waals surface area contributed by atoms with Crippen LogP contribution in [0, 0.1) is 6.92 Å². The highest BCUT2D eigenvalue weighted by Gasteiger charge is 2.13. The van der Waals surface area contributed by atoms with Gasteiger partial charge in [-0.15, -0.1) is 0 Å². The molecule has 6 heteroatoms. The molecule has 0 bridgehead atoms. The molecule has 0 saturated carbocycles. The first-order valence-electron chi connectivity index (χ1n) is 8.36. The highest BCUT2D eigenvalue weighted by molar-refractivity contribution is 5.93. The second-order valence-electron chi connectivity index (χ2n) is 6.31. The van der Waals surface area contributed by atoms with E-state index >= 15 is 0 Å². The fraction of sp³-hybridized carbons (Fsp3) is 0.200. The molecule has 3 rings (SSSR count). The molecule has 0 amide bonds. The second kappa shape index (κ2) is 7.31. The normalized spacial score (nSPS) is 12.1. The van der Waals surface area contributed by atoms with Gasteiger partial charge in [0.15, 0.2) is 5.65 Å². The van der Waals surface area contributed by atoms with Crippen LogP contribution in [0.25, 0.3) is 28.0 Å². The standard InChI is InChI=1S/C20H22N6/c1-6-21-10-16-8-18(24-14(16)5)19-17-7-15(11-23-20(17)26-25-19)13(4)9-22-12(2)3/h6-11,24H,1H2,2-5H3,(H,23,25,26)/b13-9+,21-10?. The molecule has 0 fully saturated rings. The van der Waals surface area contributed by atoms with Gasteiger partial charge in [-0.05, 0) is 51.0 Å². The summed E-state index contributed by atoms with van der Waals surface area (Å²) in [4.78, 5) is 16.3. The molecule has 0 aromatic carbocycles. The van der Waals surface area contributed by atoms with Crippen LogP contribution in [-0.2, 0) is 0 Å². The molecule has 0 spiro atoms. The zero-order valence-corrected chi connectivity index (χ0v) is 15.5. The number of nitrogens with zero attached hydrogens (tertiary/aromatic N) is 4. The number of aromatic amines is 2. The SMILES string of the molecule is C=CN=Cc1cc(-c2[nH]nc3ncc(/C(C)=C/N=C(C)C)cc23)[nH]c1C. The van der Waals surface area contributed by atoms with Crippen LogP contribution >= 0.6 is 0 Å². The molecule has 0 aliphatic carbocycles. The van der Waals surface area contributed by atoms with Crippen molar-refractivity contribution >= 4 is 28.5 Å². The Bertz CT molecular complexity index is 1040. The largest absolute Gasteiger partial charge is 0.357 e. The van der Waals surface area contributed by atoms with E-state index in [-0.39, 0.29) is 0 Å². The first kappa shape index (κ1) is 17.5. The van der Waals surface area contributed by atoms with E-state index in [1.54, 1.807) is 6.21 Å². The van der Waals surface area contributed by atoms with Crippen LogP contribution in [0.3, 0.4) is 0 Å². The summed E-state index contributed by atoms with van der Waals surface area (Å²) in [7, 11) is 0. The Morgan fingerprint density at radius 2 is 2.04 bits per heavy atom. The van der Waals surface area contributed by atoms with Gasteiger partial charge in [0, 0.05) is 47.2 Å². The molecule has 0 aliphatic rings. The van der Waals surface area contributed by atoms with E-state index in [0.29, 0.717) is 5.65 Å². The topological polar surface area (TPSA) is 82.1 Å². The fourth-order valence-corrected chi connectivity index (χ4v) is 2.60. The predicted octanol–water partition coefficient (Wildman–Crippen LogP) is 4.67. The van der Waals surface area contributed by atoms with Crippen LogP contribution in [0.15, 0.2) is 47.3 Å². The number of aryl methyl sites for hydroxylation is 1. The van der Waals surface area contributed by atoms with E-state index in [1.807, 2.05) is 46.2 Å².